The van der Waals surface area contributed by atoms with E-state index in [1.54, 1.807) is 13.4 Å². The molecule has 4 aromatic rings. The van der Waals surface area contributed by atoms with E-state index in [1.165, 1.54) is 0 Å². The summed E-state index contributed by atoms with van der Waals surface area (Å²) in [6, 6.07) is 17.6. The van der Waals surface area contributed by atoms with E-state index in [0.717, 1.165) is 39.1 Å². The lowest BCUT2D eigenvalue weighted by Crippen LogP contribution is -2.39. The Hall–Kier alpha value is -3.58. The monoisotopic (exact) mass is 461 g/mol. The molecule has 4 rings (SSSR count). The Bertz CT molecular complexity index is 1310. The number of fused-ring (bicyclic) bond motifs is 1. The van der Waals surface area contributed by atoms with Crippen LogP contribution in [0, 0.1) is 13.8 Å². The number of furan rings is 1. The standard InChI is InChI=1S/C26H27N3O3S/c1-17-6-7-18(2)24-23(17)13-20(25(30)28-24)16-29(15-19-8-10-21(31-3)11-9-19)26(33)27-14-22-5-4-12-32-22/h4-13H,14-16H2,1-3H3,(H,27,33)(H,28,30). The highest BCUT2D eigenvalue weighted by atomic mass is 32.1. The molecule has 0 radical (unpaired) electrons. The number of nitrogens with zero attached hydrogens (tertiary/aromatic N) is 1. The van der Waals surface area contributed by atoms with Crippen LogP contribution >= 0.6 is 12.2 Å². The van der Waals surface area contributed by atoms with Gasteiger partial charge in [-0.25, -0.2) is 0 Å². The summed E-state index contributed by atoms with van der Waals surface area (Å²) in [4.78, 5) is 18.0. The number of aromatic amines is 1. The number of pyridine rings is 1. The van der Waals surface area contributed by atoms with Gasteiger partial charge in [0.15, 0.2) is 5.11 Å². The van der Waals surface area contributed by atoms with Gasteiger partial charge >= 0.3 is 0 Å². The summed E-state index contributed by atoms with van der Waals surface area (Å²) in [5.74, 6) is 1.58. The molecule has 0 amide bonds. The van der Waals surface area contributed by atoms with Crippen molar-refractivity contribution >= 4 is 28.2 Å². The number of ether oxygens (including phenoxy) is 1. The fraction of sp³-hybridized carbons (Fsp3) is 0.231. The predicted octanol–water partition coefficient (Wildman–Crippen LogP) is 4.82. The highest BCUT2D eigenvalue weighted by Crippen LogP contribution is 2.21. The molecule has 2 aromatic heterocycles. The number of methoxy groups -OCH3 is 1. The molecule has 0 saturated heterocycles. The molecule has 0 spiro atoms. The minimum Gasteiger partial charge on any atom is -0.497 e. The van der Waals surface area contributed by atoms with E-state index in [9.17, 15) is 4.79 Å². The molecular weight excluding hydrogens is 434 g/mol. The van der Waals surface area contributed by atoms with E-state index >= 15 is 0 Å². The number of benzene rings is 2. The zero-order valence-electron chi connectivity index (χ0n) is 19.0. The number of aryl methyl sites for hydroxylation is 2. The van der Waals surface area contributed by atoms with Crippen LogP contribution in [0.1, 0.15) is 28.0 Å². The molecule has 6 nitrogen and oxygen atoms in total. The predicted molar refractivity (Wildman–Crippen MR) is 134 cm³/mol. The average Bonchev–Trinajstić information content (AvgIpc) is 3.34. The summed E-state index contributed by atoms with van der Waals surface area (Å²) in [6.07, 6.45) is 1.63. The van der Waals surface area contributed by atoms with Crippen LogP contribution in [0.15, 0.2) is 70.1 Å². The van der Waals surface area contributed by atoms with E-state index < -0.39 is 0 Å². The van der Waals surface area contributed by atoms with Crippen molar-refractivity contribution in [1.82, 2.24) is 15.2 Å². The molecule has 170 valence electrons. The van der Waals surface area contributed by atoms with Crippen molar-refractivity contribution < 1.29 is 9.15 Å². The molecule has 0 bridgehead atoms. The van der Waals surface area contributed by atoms with Gasteiger partial charge in [0.2, 0.25) is 0 Å². The second-order valence-electron chi connectivity index (χ2n) is 8.05. The number of rotatable bonds is 7. The van der Waals surface area contributed by atoms with Gasteiger partial charge in [0.1, 0.15) is 11.5 Å². The van der Waals surface area contributed by atoms with Crippen LogP contribution in [0.5, 0.6) is 5.75 Å². The molecular formula is C26H27N3O3S. The third-order valence-electron chi connectivity index (χ3n) is 5.70. The maximum absolute atomic E-state index is 13.0. The summed E-state index contributed by atoms with van der Waals surface area (Å²) in [7, 11) is 1.64. The zero-order valence-corrected chi connectivity index (χ0v) is 19.8. The normalized spacial score (nSPS) is 10.9. The molecule has 2 heterocycles. The van der Waals surface area contributed by atoms with E-state index in [-0.39, 0.29) is 5.56 Å². The topological polar surface area (TPSA) is 70.5 Å². The fourth-order valence-electron chi connectivity index (χ4n) is 3.78. The molecule has 2 N–H and O–H groups in total. The first kappa shape index (κ1) is 22.6. The summed E-state index contributed by atoms with van der Waals surface area (Å²) < 4.78 is 10.7. The van der Waals surface area contributed by atoms with Crippen molar-refractivity contribution in [3.63, 3.8) is 0 Å². The highest BCUT2D eigenvalue weighted by molar-refractivity contribution is 7.80. The third kappa shape index (κ3) is 5.26. The van der Waals surface area contributed by atoms with Gasteiger partial charge in [-0.15, -0.1) is 0 Å². The van der Waals surface area contributed by atoms with Crippen LogP contribution in [-0.2, 0) is 19.6 Å². The Balaban J connectivity index is 1.63. The lowest BCUT2D eigenvalue weighted by Gasteiger charge is -2.26. The maximum atomic E-state index is 13.0. The van der Waals surface area contributed by atoms with E-state index in [1.807, 2.05) is 60.4 Å². The van der Waals surface area contributed by atoms with Crippen LogP contribution in [0.2, 0.25) is 0 Å². The van der Waals surface area contributed by atoms with Crippen LogP contribution in [0.3, 0.4) is 0 Å². The Morgan fingerprint density at radius 1 is 1.09 bits per heavy atom. The average molecular weight is 462 g/mol. The van der Waals surface area contributed by atoms with Gasteiger partial charge < -0.3 is 24.4 Å². The first-order chi connectivity index (χ1) is 15.9. The Morgan fingerprint density at radius 2 is 1.85 bits per heavy atom. The van der Waals surface area contributed by atoms with E-state index in [2.05, 4.69) is 23.3 Å². The summed E-state index contributed by atoms with van der Waals surface area (Å²) >= 11 is 5.72. The smallest absolute Gasteiger partial charge is 0.253 e. The number of H-pyrrole nitrogens is 1. The number of hydrogen-bond donors (Lipinski definition) is 2. The van der Waals surface area contributed by atoms with Gasteiger partial charge in [-0.05, 0) is 73.1 Å². The Kier molecular flexibility index (Phi) is 6.79. The molecule has 0 saturated carbocycles. The molecule has 33 heavy (non-hydrogen) atoms. The molecule has 0 unspecified atom stereocenters. The van der Waals surface area contributed by atoms with Crippen LogP contribution in [-0.4, -0.2) is 22.1 Å². The van der Waals surface area contributed by atoms with Gasteiger partial charge in [0.25, 0.3) is 5.56 Å². The number of nitrogens with one attached hydrogen (secondary N) is 2. The highest BCUT2D eigenvalue weighted by Gasteiger charge is 2.15. The quantitative estimate of drug-likeness (QED) is 0.385. The van der Waals surface area contributed by atoms with Crippen molar-refractivity contribution in [2.45, 2.75) is 33.5 Å². The van der Waals surface area contributed by atoms with Crippen molar-refractivity contribution in [3.8, 4) is 5.75 Å². The Morgan fingerprint density at radius 3 is 2.55 bits per heavy atom. The van der Waals surface area contributed by atoms with Crippen molar-refractivity contribution in [2.24, 2.45) is 0 Å². The SMILES string of the molecule is COc1ccc(CN(Cc2cc3c(C)ccc(C)c3[nH]c2=O)C(=S)NCc2ccco2)cc1. The van der Waals surface area contributed by atoms with Crippen molar-refractivity contribution in [2.75, 3.05) is 7.11 Å². The molecule has 0 fully saturated rings. The lowest BCUT2D eigenvalue weighted by atomic mass is 10.0. The first-order valence-electron chi connectivity index (χ1n) is 10.7. The van der Waals surface area contributed by atoms with Gasteiger partial charge in [-0.1, -0.05) is 24.3 Å². The fourth-order valence-corrected chi connectivity index (χ4v) is 3.98. The van der Waals surface area contributed by atoms with E-state index in [0.29, 0.717) is 30.3 Å². The first-order valence-corrected chi connectivity index (χ1v) is 11.2. The molecule has 7 heteroatoms. The molecule has 0 atom stereocenters. The Labute approximate surface area is 198 Å². The van der Waals surface area contributed by atoms with Crippen molar-refractivity contribution in [1.29, 1.82) is 0 Å². The minimum absolute atomic E-state index is 0.107. The van der Waals surface area contributed by atoms with Gasteiger partial charge in [0.05, 0.1) is 32.0 Å². The largest absolute Gasteiger partial charge is 0.497 e. The summed E-state index contributed by atoms with van der Waals surface area (Å²) in [6.45, 7) is 5.43. The van der Waals surface area contributed by atoms with Crippen molar-refractivity contribution in [3.05, 3.63) is 99.2 Å². The molecule has 0 aliphatic heterocycles. The second kappa shape index (κ2) is 9.92. The summed E-state index contributed by atoms with van der Waals surface area (Å²) in [5, 5.41) is 4.84. The van der Waals surface area contributed by atoms with E-state index in [4.69, 9.17) is 21.4 Å². The number of thiocarbonyl (C=S) groups is 1. The number of aromatic nitrogens is 1. The van der Waals surface area contributed by atoms with Crippen LogP contribution in [0.4, 0.5) is 0 Å². The zero-order chi connectivity index (χ0) is 23.4. The van der Waals surface area contributed by atoms with Crippen LogP contribution in [0.25, 0.3) is 10.9 Å². The summed E-state index contributed by atoms with van der Waals surface area (Å²) in [5.41, 5.74) is 4.65. The molecule has 0 aliphatic carbocycles. The van der Waals surface area contributed by atoms with Gasteiger partial charge in [0, 0.05) is 17.5 Å². The maximum Gasteiger partial charge on any atom is 0.253 e. The minimum atomic E-state index is -0.107. The second-order valence-corrected chi connectivity index (χ2v) is 8.44. The van der Waals surface area contributed by atoms with Gasteiger partial charge in [-0.2, -0.15) is 0 Å². The third-order valence-corrected chi connectivity index (χ3v) is 6.10. The molecule has 0 aliphatic rings. The lowest BCUT2D eigenvalue weighted by molar-refractivity contribution is 0.391. The van der Waals surface area contributed by atoms with Gasteiger partial charge in [-0.3, -0.25) is 4.79 Å². The molecule has 2 aromatic carbocycles. The van der Waals surface area contributed by atoms with Crippen LogP contribution < -0.4 is 15.6 Å². The number of hydrogen-bond acceptors (Lipinski definition) is 4.